The first-order valence-corrected chi connectivity index (χ1v) is 6.58. The van der Waals surface area contributed by atoms with E-state index in [1.807, 2.05) is 25.4 Å². The Morgan fingerprint density at radius 1 is 1.00 bits per heavy atom. The Hall–Kier alpha value is -2.75. The Morgan fingerprint density at radius 3 is 2.80 bits per heavy atom. The van der Waals surface area contributed by atoms with E-state index in [4.69, 9.17) is 0 Å². The van der Waals surface area contributed by atoms with Gasteiger partial charge in [-0.1, -0.05) is 6.07 Å². The number of fused-ring (bicyclic) bond motifs is 2. The van der Waals surface area contributed by atoms with E-state index >= 15 is 0 Å². The Kier molecular flexibility index (Phi) is 2.29. The van der Waals surface area contributed by atoms with Gasteiger partial charge in [-0.05, 0) is 36.4 Å². The summed E-state index contributed by atoms with van der Waals surface area (Å²) < 4.78 is 0. The van der Waals surface area contributed by atoms with Crippen LogP contribution in [-0.4, -0.2) is 22.2 Å². The molecule has 4 rings (SSSR count). The largest absolute Gasteiger partial charge is 0.388 e. The molecule has 0 aliphatic carbocycles. The van der Waals surface area contributed by atoms with Crippen molar-refractivity contribution < 1.29 is 0 Å². The molecule has 4 aromatic rings. The Morgan fingerprint density at radius 2 is 1.90 bits per heavy atom. The van der Waals surface area contributed by atoms with Crippen LogP contribution in [0.3, 0.4) is 0 Å². The van der Waals surface area contributed by atoms with Crippen molar-refractivity contribution in [2.45, 2.75) is 0 Å². The molecule has 20 heavy (non-hydrogen) atoms. The molecule has 3 N–H and O–H groups in total. The highest BCUT2D eigenvalue weighted by atomic mass is 15.1. The van der Waals surface area contributed by atoms with Crippen molar-refractivity contribution in [2.75, 3.05) is 12.4 Å². The molecular weight excluding hydrogens is 248 g/mol. The number of aromatic nitrogens is 3. The zero-order chi connectivity index (χ0) is 13.5. The van der Waals surface area contributed by atoms with Crippen LogP contribution in [0.15, 0.2) is 48.7 Å². The summed E-state index contributed by atoms with van der Waals surface area (Å²) in [6, 6.07) is 14.6. The normalized spacial score (nSPS) is 11.2. The fraction of sp³-hybridized carbons (Fsp3) is 0.0625. The van der Waals surface area contributed by atoms with E-state index in [1.165, 1.54) is 5.39 Å². The number of benzene rings is 2. The van der Waals surface area contributed by atoms with Gasteiger partial charge in [-0.15, -0.1) is 0 Å². The van der Waals surface area contributed by atoms with E-state index in [1.54, 1.807) is 0 Å². The number of H-pyrrole nitrogens is 2. The van der Waals surface area contributed by atoms with E-state index in [0.717, 1.165) is 33.4 Å². The summed E-state index contributed by atoms with van der Waals surface area (Å²) in [5.74, 6) is 0. The van der Waals surface area contributed by atoms with Crippen molar-refractivity contribution in [1.82, 2.24) is 15.2 Å². The van der Waals surface area contributed by atoms with Gasteiger partial charge in [-0.3, -0.25) is 5.10 Å². The quantitative estimate of drug-likeness (QED) is 0.515. The van der Waals surface area contributed by atoms with Crippen molar-refractivity contribution in [3.63, 3.8) is 0 Å². The molecule has 98 valence electrons. The molecule has 0 fully saturated rings. The molecule has 0 saturated heterocycles. The van der Waals surface area contributed by atoms with Crippen LogP contribution in [-0.2, 0) is 0 Å². The third-order valence-electron chi connectivity index (χ3n) is 3.68. The topological polar surface area (TPSA) is 56.5 Å². The molecule has 0 bridgehead atoms. The Bertz CT molecular complexity index is 901. The summed E-state index contributed by atoms with van der Waals surface area (Å²) in [7, 11) is 1.92. The van der Waals surface area contributed by atoms with Crippen LogP contribution >= 0.6 is 0 Å². The second-order valence-corrected chi connectivity index (χ2v) is 4.86. The molecule has 2 heterocycles. The van der Waals surface area contributed by atoms with Gasteiger partial charge in [-0.2, -0.15) is 5.10 Å². The summed E-state index contributed by atoms with van der Waals surface area (Å²) in [6.45, 7) is 0. The number of rotatable bonds is 2. The number of nitrogens with zero attached hydrogens (tertiary/aromatic N) is 1. The van der Waals surface area contributed by atoms with Gasteiger partial charge in [0.2, 0.25) is 0 Å². The molecule has 4 nitrogen and oxygen atoms in total. The molecule has 2 aromatic carbocycles. The van der Waals surface area contributed by atoms with Gasteiger partial charge in [-0.25, -0.2) is 0 Å². The van der Waals surface area contributed by atoms with Gasteiger partial charge in [0.15, 0.2) is 0 Å². The minimum absolute atomic E-state index is 0.986. The molecule has 2 aromatic heterocycles. The van der Waals surface area contributed by atoms with Gasteiger partial charge in [0.05, 0.1) is 11.2 Å². The molecule has 0 aliphatic heterocycles. The summed E-state index contributed by atoms with van der Waals surface area (Å²) >= 11 is 0. The lowest BCUT2D eigenvalue weighted by molar-refractivity contribution is 1.12. The number of aromatic amines is 2. The number of nitrogens with one attached hydrogen (secondary N) is 3. The highest BCUT2D eigenvalue weighted by molar-refractivity contribution is 5.97. The van der Waals surface area contributed by atoms with Crippen molar-refractivity contribution in [1.29, 1.82) is 0 Å². The highest BCUT2D eigenvalue weighted by Crippen LogP contribution is 2.30. The fourth-order valence-corrected chi connectivity index (χ4v) is 2.59. The first-order chi connectivity index (χ1) is 9.85. The maximum atomic E-state index is 4.47. The minimum atomic E-state index is 0.986. The molecule has 0 radical (unpaired) electrons. The molecule has 0 unspecified atom stereocenters. The first-order valence-electron chi connectivity index (χ1n) is 6.58. The van der Waals surface area contributed by atoms with Gasteiger partial charge >= 0.3 is 0 Å². The zero-order valence-electron chi connectivity index (χ0n) is 11.1. The lowest BCUT2D eigenvalue weighted by Crippen LogP contribution is -1.86. The van der Waals surface area contributed by atoms with Crippen LogP contribution < -0.4 is 5.32 Å². The van der Waals surface area contributed by atoms with Crippen LogP contribution in [0.1, 0.15) is 0 Å². The van der Waals surface area contributed by atoms with E-state index in [0.29, 0.717) is 0 Å². The predicted octanol–water partition coefficient (Wildman–Crippen LogP) is 3.75. The summed E-state index contributed by atoms with van der Waals surface area (Å²) in [5, 5.41) is 13.1. The van der Waals surface area contributed by atoms with Crippen molar-refractivity contribution >= 4 is 27.5 Å². The van der Waals surface area contributed by atoms with Crippen molar-refractivity contribution in [3.8, 4) is 11.3 Å². The minimum Gasteiger partial charge on any atom is -0.388 e. The zero-order valence-corrected chi connectivity index (χ0v) is 11.1. The standard InChI is InChI=1S/C16H14N4/c1-17-12-3-5-15-13(9-12)16(20-19-15)11-2-4-14-10(8-11)6-7-18-14/h2-9,17-18H,1H3,(H,19,20). The first kappa shape index (κ1) is 11.1. The predicted molar refractivity (Wildman–Crippen MR) is 82.9 cm³/mol. The van der Waals surface area contributed by atoms with Gasteiger partial charge in [0.1, 0.15) is 0 Å². The van der Waals surface area contributed by atoms with E-state index in [9.17, 15) is 0 Å². The van der Waals surface area contributed by atoms with Crippen molar-refractivity contribution in [2.24, 2.45) is 0 Å². The third kappa shape index (κ3) is 1.58. The Balaban J connectivity index is 1.96. The second-order valence-electron chi connectivity index (χ2n) is 4.86. The average molecular weight is 262 g/mol. The van der Waals surface area contributed by atoms with E-state index < -0.39 is 0 Å². The van der Waals surface area contributed by atoms with Gasteiger partial charge < -0.3 is 10.3 Å². The van der Waals surface area contributed by atoms with Crippen LogP contribution in [0, 0.1) is 0 Å². The van der Waals surface area contributed by atoms with Gasteiger partial charge in [0, 0.05) is 40.8 Å². The average Bonchev–Trinajstić information content (AvgIpc) is 3.11. The summed E-state index contributed by atoms with van der Waals surface area (Å²) in [6.07, 6.45) is 1.95. The maximum absolute atomic E-state index is 4.47. The van der Waals surface area contributed by atoms with Crippen LogP contribution in [0.5, 0.6) is 0 Å². The van der Waals surface area contributed by atoms with Crippen molar-refractivity contribution in [3.05, 3.63) is 48.7 Å². The molecule has 0 amide bonds. The Labute approximate surface area is 115 Å². The number of anilines is 1. The molecule has 4 heteroatoms. The highest BCUT2D eigenvalue weighted by Gasteiger charge is 2.09. The molecule has 0 saturated carbocycles. The van der Waals surface area contributed by atoms with Crippen LogP contribution in [0.2, 0.25) is 0 Å². The lowest BCUT2D eigenvalue weighted by Gasteiger charge is -2.02. The monoisotopic (exact) mass is 262 g/mol. The SMILES string of the molecule is CNc1ccc2[nH]nc(-c3ccc4[nH]ccc4c3)c2c1. The molecular formula is C16H14N4. The molecule has 0 spiro atoms. The maximum Gasteiger partial charge on any atom is 0.1000 e. The lowest BCUT2D eigenvalue weighted by atomic mass is 10.1. The summed E-state index contributed by atoms with van der Waals surface area (Å²) in [5.41, 5.74) is 5.39. The smallest absolute Gasteiger partial charge is 0.1000 e. The van der Waals surface area contributed by atoms with Crippen LogP contribution in [0.4, 0.5) is 5.69 Å². The summed E-state index contributed by atoms with van der Waals surface area (Å²) in [4.78, 5) is 3.21. The number of hydrogen-bond acceptors (Lipinski definition) is 2. The van der Waals surface area contributed by atoms with Crippen LogP contribution in [0.25, 0.3) is 33.1 Å². The molecule has 0 aliphatic rings. The van der Waals surface area contributed by atoms with Gasteiger partial charge in [0.25, 0.3) is 0 Å². The van der Waals surface area contributed by atoms with E-state index in [-0.39, 0.29) is 0 Å². The number of hydrogen-bond donors (Lipinski definition) is 3. The second kappa shape index (κ2) is 4.13. The van der Waals surface area contributed by atoms with E-state index in [2.05, 4.69) is 50.8 Å². The third-order valence-corrected chi connectivity index (χ3v) is 3.68. The fourth-order valence-electron chi connectivity index (χ4n) is 2.59. The molecule has 0 atom stereocenters.